The molecule has 1 amide bonds. The van der Waals surface area contributed by atoms with Crippen molar-refractivity contribution >= 4 is 23.5 Å². The van der Waals surface area contributed by atoms with Gasteiger partial charge in [-0.2, -0.15) is 0 Å². The highest BCUT2D eigenvalue weighted by atomic mass is 35.5. The van der Waals surface area contributed by atoms with Crippen LogP contribution < -0.4 is 14.8 Å². The van der Waals surface area contributed by atoms with Gasteiger partial charge < -0.3 is 19.5 Å². The summed E-state index contributed by atoms with van der Waals surface area (Å²) in [6.07, 6.45) is 0.111. The second-order valence-corrected chi connectivity index (χ2v) is 4.56. The lowest BCUT2D eigenvalue weighted by atomic mass is 10.2. The van der Waals surface area contributed by atoms with Gasteiger partial charge in [-0.1, -0.05) is 11.6 Å². The normalized spacial score (nSPS) is 9.90. The quantitative estimate of drug-likeness (QED) is 0.778. The van der Waals surface area contributed by atoms with Crippen LogP contribution in [-0.4, -0.2) is 33.2 Å². The van der Waals surface area contributed by atoms with Gasteiger partial charge in [0.1, 0.15) is 0 Å². The summed E-state index contributed by atoms with van der Waals surface area (Å²) in [6, 6.07) is 3.32. The Morgan fingerprint density at radius 1 is 1.10 bits per heavy atom. The van der Waals surface area contributed by atoms with Crippen LogP contribution in [-0.2, 0) is 20.9 Å². The number of rotatable bonds is 7. The number of nitrogens with one attached hydrogen (secondary N) is 1. The van der Waals surface area contributed by atoms with Crippen LogP contribution in [0.4, 0.5) is 0 Å². The molecule has 6 nitrogen and oxygen atoms in total. The number of amides is 1. The number of esters is 1. The van der Waals surface area contributed by atoms with Gasteiger partial charge in [0.25, 0.3) is 0 Å². The maximum Gasteiger partial charge on any atom is 0.306 e. The van der Waals surface area contributed by atoms with E-state index in [1.807, 2.05) is 0 Å². The second kappa shape index (κ2) is 8.36. The summed E-state index contributed by atoms with van der Waals surface area (Å²) in [5.41, 5.74) is 0.695. The Hall–Kier alpha value is -1.95. The van der Waals surface area contributed by atoms with Gasteiger partial charge in [-0.25, -0.2) is 0 Å². The zero-order valence-electron chi connectivity index (χ0n) is 12.2. The van der Waals surface area contributed by atoms with Crippen molar-refractivity contribution in [2.75, 3.05) is 21.3 Å². The molecule has 0 radical (unpaired) electrons. The van der Waals surface area contributed by atoms with Crippen molar-refractivity contribution in [3.8, 4) is 11.5 Å². The SMILES string of the molecule is COC(=O)CCC(=O)NCc1cc(OC)c(OC)cc1Cl. The number of carbonyl (C=O) groups excluding carboxylic acids is 2. The van der Waals surface area contributed by atoms with E-state index in [9.17, 15) is 9.59 Å². The lowest BCUT2D eigenvalue weighted by Crippen LogP contribution is -2.23. The number of carbonyl (C=O) groups is 2. The molecule has 1 rings (SSSR count). The molecule has 0 heterocycles. The number of methoxy groups -OCH3 is 3. The van der Waals surface area contributed by atoms with Crippen molar-refractivity contribution in [1.82, 2.24) is 5.32 Å². The van der Waals surface area contributed by atoms with E-state index in [-0.39, 0.29) is 25.3 Å². The Balaban J connectivity index is 2.63. The summed E-state index contributed by atoms with van der Waals surface area (Å²) in [6.45, 7) is 0.235. The maximum absolute atomic E-state index is 11.6. The molecule has 0 saturated carbocycles. The second-order valence-electron chi connectivity index (χ2n) is 4.15. The van der Waals surface area contributed by atoms with Crippen LogP contribution in [0.5, 0.6) is 11.5 Å². The van der Waals surface area contributed by atoms with Gasteiger partial charge in [-0.3, -0.25) is 9.59 Å². The third-order valence-electron chi connectivity index (χ3n) is 2.81. The van der Waals surface area contributed by atoms with Gasteiger partial charge in [0, 0.05) is 24.1 Å². The predicted octanol–water partition coefficient (Wildman–Crippen LogP) is 1.93. The molecular formula is C14H18ClNO5. The fraction of sp³-hybridized carbons (Fsp3) is 0.429. The minimum absolute atomic E-state index is 0.0436. The standard InChI is InChI=1S/C14H18ClNO5/c1-19-11-6-9(10(15)7-12(11)20-2)8-16-13(17)4-5-14(18)21-3/h6-7H,4-5,8H2,1-3H3,(H,16,17). The molecular weight excluding hydrogens is 298 g/mol. The van der Waals surface area contributed by atoms with Crippen LogP contribution in [0.25, 0.3) is 0 Å². The van der Waals surface area contributed by atoms with Gasteiger partial charge in [0.15, 0.2) is 11.5 Å². The van der Waals surface area contributed by atoms with Crippen LogP contribution in [0.15, 0.2) is 12.1 Å². The van der Waals surface area contributed by atoms with Crippen molar-refractivity contribution in [3.05, 3.63) is 22.7 Å². The van der Waals surface area contributed by atoms with E-state index in [1.54, 1.807) is 12.1 Å². The van der Waals surface area contributed by atoms with Crippen molar-refractivity contribution in [3.63, 3.8) is 0 Å². The molecule has 0 aliphatic heterocycles. The smallest absolute Gasteiger partial charge is 0.306 e. The third-order valence-corrected chi connectivity index (χ3v) is 3.16. The van der Waals surface area contributed by atoms with E-state index in [0.717, 1.165) is 0 Å². The van der Waals surface area contributed by atoms with E-state index in [4.69, 9.17) is 21.1 Å². The average molecular weight is 316 g/mol. The highest BCUT2D eigenvalue weighted by Crippen LogP contribution is 2.32. The summed E-state index contributed by atoms with van der Waals surface area (Å²) in [5, 5.41) is 3.14. The Labute approximate surface area is 128 Å². The van der Waals surface area contributed by atoms with E-state index in [1.165, 1.54) is 21.3 Å². The lowest BCUT2D eigenvalue weighted by Gasteiger charge is -2.12. The summed E-state index contributed by atoms with van der Waals surface area (Å²) in [7, 11) is 4.32. The molecule has 0 saturated heterocycles. The van der Waals surface area contributed by atoms with Gasteiger partial charge in [0.2, 0.25) is 5.91 Å². The van der Waals surface area contributed by atoms with Crippen molar-refractivity contribution < 1.29 is 23.8 Å². The molecule has 0 aromatic heterocycles. The van der Waals surface area contributed by atoms with Crippen molar-refractivity contribution in [2.24, 2.45) is 0 Å². The molecule has 21 heavy (non-hydrogen) atoms. The lowest BCUT2D eigenvalue weighted by molar-refractivity contribution is -0.142. The summed E-state index contributed by atoms with van der Waals surface area (Å²) in [5.74, 6) is 0.365. The molecule has 116 valence electrons. The predicted molar refractivity (Wildman–Crippen MR) is 77.7 cm³/mol. The Bertz CT molecular complexity index is 518. The Morgan fingerprint density at radius 2 is 1.71 bits per heavy atom. The largest absolute Gasteiger partial charge is 0.493 e. The summed E-state index contributed by atoms with van der Waals surface area (Å²) < 4.78 is 14.8. The molecule has 0 unspecified atom stereocenters. The molecule has 0 bridgehead atoms. The minimum atomic E-state index is -0.422. The third kappa shape index (κ3) is 5.15. The number of ether oxygens (including phenoxy) is 3. The van der Waals surface area contributed by atoms with Crippen LogP contribution in [0.1, 0.15) is 18.4 Å². The first-order valence-electron chi connectivity index (χ1n) is 6.25. The van der Waals surface area contributed by atoms with Gasteiger partial charge in [-0.05, 0) is 11.6 Å². The fourth-order valence-electron chi connectivity index (χ4n) is 1.63. The maximum atomic E-state index is 11.6. The van der Waals surface area contributed by atoms with Crippen LogP contribution in [0.3, 0.4) is 0 Å². The first-order valence-corrected chi connectivity index (χ1v) is 6.63. The molecule has 0 aliphatic rings. The highest BCUT2D eigenvalue weighted by Gasteiger charge is 2.11. The molecule has 1 aromatic rings. The Morgan fingerprint density at radius 3 is 2.29 bits per heavy atom. The minimum Gasteiger partial charge on any atom is -0.493 e. The van der Waals surface area contributed by atoms with Crippen molar-refractivity contribution in [2.45, 2.75) is 19.4 Å². The van der Waals surface area contributed by atoms with Crippen molar-refractivity contribution in [1.29, 1.82) is 0 Å². The van der Waals surface area contributed by atoms with E-state index >= 15 is 0 Å². The van der Waals surface area contributed by atoms with E-state index in [0.29, 0.717) is 22.1 Å². The Kier molecular flexibility index (Phi) is 6.81. The van der Waals surface area contributed by atoms with Crippen LogP contribution >= 0.6 is 11.6 Å². The zero-order valence-corrected chi connectivity index (χ0v) is 13.0. The number of benzene rings is 1. The molecule has 1 aromatic carbocycles. The molecule has 0 aliphatic carbocycles. The first-order chi connectivity index (χ1) is 10.0. The molecule has 0 atom stereocenters. The molecule has 0 fully saturated rings. The van der Waals surface area contributed by atoms with Gasteiger partial charge >= 0.3 is 5.97 Å². The highest BCUT2D eigenvalue weighted by molar-refractivity contribution is 6.31. The van der Waals surface area contributed by atoms with Crippen LogP contribution in [0, 0.1) is 0 Å². The topological polar surface area (TPSA) is 73.9 Å². The molecule has 0 spiro atoms. The summed E-state index contributed by atoms with van der Waals surface area (Å²) in [4.78, 5) is 22.6. The van der Waals surface area contributed by atoms with E-state index < -0.39 is 5.97 Å². The van der Waals surface area contributed by atoms with E-state index in [2.05, 4.69) is 10.1 Å². The summed E-state index contributed by atoms with van der Waals surface area (Å²) >= 11 is 6.11. The number of hydrogen-bond donors (Lipinski definition) is 1. The van der Waals surface area contributed by atoms with Crippen LogP contribution in [0.2, 0.25) is 5.02 Å². The number of halogens is 1. The monoisotopic (exact) mass is 315 g/mol. The zero-order chi connectivity index (χ0) is 15.8. The molecule has 7 heteroatoms. The number of hydrogen-bond acceptors (Lipinski definition) is 5. The average Bonchev–Trinajstić information content (AvgIpc) is 2.50. The van der Waals surface area contributed by atoms with Gasteiger partial charge in [0.05, 0.1) is 27.8 Å². The molecule has 1 N–H and O–H groups in total. The van der Waals surface area contributed by atoms with Gasteiger partial charge in [-0.15, -0.1) is 0 Å². The first kappa shape index (κ1) is 17.1. The fourth-order valence-corrected chi connectivity index (χ4v) is 1.85.